The number of ether oxygens (including phenoxy) is 1. The Morgan fingerprint density at radius 1 is 1.06 bits per heavy atom. The van der Waals surface area contributed by atoms with Gasteiger partial charge in [0, 0.05) is 19.6 Å². The molecule has 0 aromatic carbocycles. The van der Waals surface area contributed by atoms with Crippen molar-refractivity contribution in [3.8, 4) is 0 Å². The van der Waals surface area contributed by atoms with Crippen molar-refractivity contribution >= 4 is 12.9 Å². The Hall–Kier alpha value is -1.14. The number of carbonyl (C=O) groups excluding carboxylic acids is 2. The molecule has 1 N–H and O–H groups in total. The molecule has 0 rings (SSSR count). The van der Waals surface area contributed by atoms with Crippen molar-refractivity contribution < 1.29 is 14.3 Å². The molecule has 0 unspecified atom stereocenters. The summed E-state index contributed by atoms with van der Waals surface area (Å²) in [5, 5.41) is 2.56. The summed E-state index contributed by atoms with van der Waals surface area (Å²) >= 11 is 0. The average Bonchev–Trinajstić information content (AvgIpc) is 2.18. The van der Waals surface area contributed by atoms with E-state index in [-0.39, 0.29) is 7.43 Å². The van der Waals surface area contributed by atoms with E-state index >= 15 is 0 Å². The van der Waals surface area contributed by atoms with Crippen molar-refractivity contribution in [1.82, 2.24) is 15.1 Å². The van der Waals surface area contributed by atoms with Gasteiger partial charge in [-0.1, -0.05) is 7.43 Å². The van der Waals surface area contributed by atoms with Gasteiger partial charge in [-0.05, 0) is 28.2 Å². The minimum absolute atomic E-state index is 0. The van der Waals surface area contributed by atoms with Gasteiger partial charge < -0.3 is 19.9 Å². The van der Waals surface area contributed by atoms with Crippen LogP contribution in [0.2, 0.25) is 0 Å². The van der Waals surface area contributed by atoms with Gasteiger partial charge in [0.15, 0.2) is 0 Å². The van der Waals surface area contributed by atoms with Crippen molar-refractivity contribution in [3.63, 3.8) is 0 Å². The molecule has 6 nitrogen and oxygen atoms in total. The first-order chi connectivity index (χ1) is 7.54. The summed E-state index contributed by atoms with van der Waals surface area (Å²) in [6, 6.07) is 0. The SMILES string of the molecule is C.CN(C)CCNC=O.CN(C)CCOC=O. The quantitative estimate of drug-likeness (QED) is 0.471. The van der Waals surface area contributed by atoms with Crippen molar-refractivity contribution in [1.29, 1.82) is 0 Å². The van der Waals surface area contributed by atoms with Crippen molar-refractivity contribution in [2.75, 3.05) is 54.4 Å². The first-order valence-corrected chi connectivity index (χ1v) is 5.06. The number of nitrogens with zero attached hydrogens (tertiary/aromatic N) is 2. The van der Waals surface area contributed by atoms with Crippen LogP contribution < -0.4 is 5.32 Å². The fourth-order valence-corrected chi connectivity index (χ4v) is 0.630. The third-order valence-electron chi connectivity index (χ3n) is 1.51. The molecule has 104 valence electrons. The Kier molecular flexibility index (Phi) is 21.5. The predicted octanol–water partition coefficient (Wildman–Crippen LogP) is -0.349. The third kappa shape index (κ3) is 31.3. The number of amides is 1. The monoisotopic (exact) mass is 249 g/mol. The topological polar surface area (TPSA) is 61.9 Å². The number of nitrogens with one attached hydrogen (secondary N) is 1. The zero-order chi connectivity index (χ0) is 12.8. The predicted molar refractivity (Wildman–Crippen MR) is 69.9 cm³/mol. The van der Waals surface area contributed by atoms with E-state index in [1.54, 1.807) is 0 Å². The average molecular weight is 249 g/mol. The van der Waals surface area contributed by atoms with Gasteiger partial charge in [0.2, 0.25) is 6.41 Å². The molecule has 0 aromatic rings. The molecule has 0 saturated heterocycles. The lowest BCUT2D eigenvalue weighted by Crippen LogP contribution is -2.25. The largest absolute Gasteiger partial charge is 0.467 e. The summed E-state index contributed by atoms with van der Waals surface area (Å²) in [6.07, 6.45) is 0.712. The summed E-state index contributed by atoms with van der Waals surface area (Å²) in [6.45, 7) is 3.37. The molecule has 0 bridgehead atoms. The van der Waals surface area contributed by atoms with E-state index in [2.05, 4.69) is 10.1 Å². The molecule has 0 aromatic heterocycles. The molecule has 0 fully saturated rings. The van der Waals surface area contributed by atoms with Crippen LogP contribution in [0.3, 0.4) is 0 Å². The molecule has 0 spiro atoms. The summed E-state index contributed by atoms with van der Waals surface area (Å²) in [5.74, 6) is 0. The first kappa shape index (κ1) is 21.2. The highest BCUT2D eigenvalue weighted by Gasteiger charge is 1.86. The summed E-state index contributed by atoms with van der Waals surface area (Å²) in [4.78, 5) is 23.2. The first-order valence-electron chi connectivity index (χ1n) is 5.06. The highest BCUT2D eigenvalue weighted by molar-refractivity contribution is 5.45. The number of hydrogen-bond acceptors (Lipinski definition) is 5. The molecule has 0 atom stereocenters. The van der Waals surface area contributed by atoms with E-state index < -0.39 is 0 Å². The normalized spacial score (nSPS) is 8.82. The number of rotatable bonds is 8. The molecule has 0 radical (unpaired) electrons. The Labute approximate surface area is 105 Å². The summed E-state index contributed by atoms with van der Waals surface area (Å²) in [7, 11) is 7.78. The second-order valence-corrected chi connectivity index (χ2v) is 3.65. The maximum absolute atomic E-state index is 9.66. The van der Waals surface area contributed by atoms with Crippen molar-refractivity contribution in [3.05, 3.63) is 0 Å². The Morgan fingerprint density at radius 3 is 1.94 bits per heavy atom. The standard InChI is InChI=1S/C5H12N2O.C5H11NO2.CH4/c1-7(2)4-3-6-5-8;1-6(2)3-4-8-5-7;/h5H,3-4H2,1-2H3,(H,6,8);5H,3-4H2,1-2H3;1H4. The minimum atomic E-state index is 0. The van der Waals surface area contributed by atoms with E-state index in [1.165, 1.54) is 0 Å². The van der Waals surface area contributed by atoms with Gasteiger partial charge in [-0.2, -0.15) is 0 Å². The smallest absolute Gasteiger partial charge is 0.293 e. The molecule has 0 aliphatic heterocycles. The van der Waals surface area contributed by atoms with E-state index in [0.29, 0.717) is 19.5 Å². The van der Waals surface area contributed by atoms with Gasteiger partial charge in [-0.3, -0.25) is 9.59 Å². The van der Waals surface area contributed by atoms with Crippen LogP contribution >= 0.6 is 0 Å². The second kappa shape index (κ2) is 17.3. The Bertz CT molecular complexity index is 146. The molecular formula is C11H27N3O3. The van der Waals surface area contributed by atoms with E-state index in [1.807, 2.05) is 38.0 Å². The molecule has 0 saturated carbocycles. The highest BCUT2D eigenvalue weighted by Crippen LogP contribution is 1.72. The Balaban J connectivity index is -0.000000218. The minimum Gasteiger partial charge on any atom is -0.467 e. The van der Waals surface area contributed by atoms with E-state index in [0.717, 1.165) is 19.6 Å². The van der Waals surface area contributed by atoms with Crippen molar-refractivity contribution in [2.24, 2.45) is 0 Å². The lowest BCUT2D eigenvalue weighted by atomic mass is 10.6. The molecule has 1 amide bonds. The van der Waals surface area contributed by atoms with Gasteiger partial charge >= 0.3 is 0 Å². The lowest BCUT2D eigenvalue weighted by molar-refractivity contribution is -0.128. The third-order valence-corrected chi connectivity index (χ3v) is 1.51. The van der Waals surface area contributed by atoms with Crippen LogP contribution in [0, 0.1) is 0 Å². The van der Waals surface area contributed by atoms with Crippen LogP contribution in [0.5, 0.6) is 0 Å². The number of carbonyl (C=O) groups is 2. The van der Waals surface area contributed by atoms with Crippen LogP contribution in [0.15, 0.2) is 0 Å². The fraction of sp³-hybridized carbons (Fsp3) is 0.818. The number of likely N-dealkylation sites (N-methyl/N-ethyl adjacent to an activating group) is 2. The molecule has 0 heterocycles. The molecule has 0 aliphatic carbocycles. The van der Waals surface area contributed by atoms with E-state index in [4.69, 9.17) is 0 Å². The van der Waals surface area contributed by atoms with Crippen LogP contribution in [0.1, 0.15) is 7.43 Å². The van der Waals surface area contributed by atoms with Gasteiger partial charge in [0.1, 0.15) is 6.61 Å². The molecule has 17 heavy (non-hydrogen) atoms. The maximum Gasteiger partial charge on any atom is 0.293 e. The van der Waals surface area contributed by atoms with Gasteiger partial charge in [-0.25, -0.2) is 0 Å². The zero-order valence-corrected chi connectivity index (χ0v) is 10.6. The molecular weight excluding hydrogens is 222 g/mol. The Morgan fingerprint density at radius 2 is 1.59 bits per heavy atom. The van der Waals surface area contributed by atoms with Crippen molar-refractivity contribution in [2.45, 2.75) is 7.43 Å². The van der Waals surface area contributed by atoms with Crippen LogP contribution in [-0.4, -0.2) is 77.1 Å². The van der Waals surface area contributed by atoms with Gasteiger partial charge in [0.25, 0.3) is 6.47 Å². The molecule has 6 heteroatoms. The summed E-state index contributed by atoms with van der Waals surface area (Å²) in [5.41, 5.74) is 0. The van der Waals surface area contributed by atoms with Gasteiger partial charge in [-0.15, -0.1) is 0 Å². The van der Waals surface area contributed by atoms with Crippen LogP contribution in [0.4, 0.5) is 0 Å². The van der Waals surface area contributed by atoms with Gasteiger partial charge in [0.05, 0.1) is 0 Å². The zero-order valence-electron chi connectivity index (χ0n) is 10.6. The molecule has 0 aliphatic rings. The lowest BCUT2D eigenvalue weighted by Gasteiger charge is -2.06. The van der Waals surface area contributed by atoms with Crippen LogP contribution in [0.25, 0.3) is 0 Å². The number of hydrogen-bond donors (Lipinski definition) is 1. The summed E-state index contributed by atoms with van der Waals surface area (Å²) < 4.78 is 4.42. The fourth-order valence-electron chi connectivity index (χ4n) is 0.630. The van der Waals surface area contributed by atoms with E-state index in [9.17, 15) is 9.59 Å². The maximum atomic E-state index is 9.66. The highest BCUT2D eigenvalue weighted by atomic mass is 16.5. The van der Waals surface area contributed by atoms with Crippen LogP contribution in [-0.2, 0) is 14.3 Å². The second-order valence-electron chi connectivity index (χ2n) is 3.65.